The molecule has 0 bridgehead atoms. The van der Waals surface area contributed by atoms with Crippen molar-refractivity contribution in [1.82, 2.24) is 0 Å². The molecule has 2 aromatic carbocycles. The molecule has 0 aliphatic carbocycles. The van der Waals surface area contributed by atoms with E-state index in [2.05, 4.69) is 12.1 Å². The molecule has 29 heavy (non-hydrogen) atoms. The number of hydrogen-bond donors (Lipinski definition) is 3. The smallest absolute Gasteiger partial charge is 0.193 e. The van der Waals surface area contributed by atoms with Crippen LogP contribution in [0.1, 0.15) is 71.1 Å². The molecule has 0 fully saturated rings. The Bertz CT molecular complexity index is 740. The largest absolute Gasteiger partial charge is 0.396 e. The van der Waals surface area contributed by atoms with Crippen LogP contribution in [0.4, 0.5) is 0 Å². The molecule has 0 aromatic heterocycles. The molecular formula is C25H34O4. The molecule has 0 saturated carbocycles. The van der Waals surface area contributed by atoms with Gasteiger partial charge in [0, 0.05) is 30.9 Å². The van der Waals surface area contributed by atoms with Gasteiger partial charge in [-0.15, -0.1) is 0 Å². The lowest BCUT2D eigenvalue weighted by Crippen LogP contribution is -2.10. The number of carbonyl (C=O) groups excluding carboxylic acids is 1. The van der Waals surface area contributed by atoms with Crippen molar-refractivity contribution in [1.29, 1.82) is 0 Å². The van der Waals surface area contributed by atoms with E-state index in [1.807, 2.05) is 30.3 Å². The minimum atomic E-state index is 0.0370. The molecular weight excluding hydrogens is 364 g/mol. The summed E-state index contributed by atoms with van der Waals surface area (Å²) in [7, 11) is 0. The highest BCUT2D eigenvalue weighted by atomic mass is 16.3. The zero-order valence-electron chi connectivity index (χ0n) is 17.3. The summed E-state index contributed by atoms with van der Waals surface area (Å²) in [4.78, 5) is 13.2. The first-order valence-electron chi connectivity index (χ1n) is 10.8. The van der Waals surface area contributed by atoms with Gasteiger partial charge in [0.25, 0.3) is 0 Å². The van der Waals surface area contributed by atoms with Gasteiger partial charge in [-0.3, -0.25) is 4.79 Å². The molecule has 0 heterocycles. The zero-order valence-corrected chi connectivity index (χ0v) is 17.3. The van der Waals surface area contributed by atoms with Crippen LogP contribution in [0, 0.1) is 0 Å². The molecule has 0 spiro atoms. The van der Waals surface area contributed by atoms with Gasteiger partial charge < -0.3 is 15.3 Å². The fourth-order valence-electron chi connectivity index (χ4n) is 3.65. The Labute approximate surface area is 174 Å². The molecule has 2 rings (SSSR count). The zero-order chi connectivity index (χ0) is 20.9. The lowest BCUT2D eigenvalue weighted by Gasteiger charge is -2.17. The molecule has 4 heteroatoms. The third-order valence-corrected chi connectivity index (χ3v) is 5.27. The molecule has 0 aliphatic rings. The predicted octanol–water partition coefficient (Wildman–Crippen LogP) is 3.86. The second-order valence-corrected chi connectivity index (χ2v) is 7.52. The third kappa shape index (κ3) is 7.39. The van der Waals surface area contributed by atoms with Gasteiger partial charge in [-0.2, -0.15) is 0 Å². The summed E-state index contributed by atoms with van der Waals surface area (Å²) in [5, 5.41) is 27.4. The van der Waals surface area contributed by atoms with Crippen LogP contribution in [0.3, 0.4) is 0 Å². The maximum atomic E-state index is 13.2. The van der Waals surface area contributed by atoms with E-state index in [-0.39, 0.29) is 25.6 Å². The van der Waals surface area contributed by atoms with Crippen molar-refractivity contribution in [2.75, 3.05) is 19.8 Å². The predicted molar refractivity (Wildman–Crippen MR) is 116 cm³/mol. The topological polar surface area (TPSA) is 77.8 Å². The number of rotatable bonds is 14. The van der Waals surface area contributed by atoms with Crippen molar-refractivity contribution in [2.45, 2.75) is 57.8 Å². The first-order chi connectivity index (χ1) is 14.2. The van der Waals surface area contributed by atoms with Gasteiger partial charge in [0.05, 0.1) is 0 Å². The first-order valence-corrected chi connectivity index (χ1v) is 10.8. The normalized spacial score (nSPS) is 11.0. The van der Waals surface area contributed by atoms with Gasteiger partial charge in [-0.1, -0.05) is 36.4 Å². The molecule has 0 atom stereocenters. The van der Waals surface area contributed by atoms with Crippen molar-refractivity contribution < 1.29 is 20.1 Å². The van der Waals surface area contributed by atoms with Gasteiger partial charge in [0.15, 0.2) is 5.78 Å². The highest BCUT2D eigenvalue weighted by Crippen LogP contribution is 2.25. The minimum Gasteiger partial charge on any atom is -0.396 e. The first kappa shape index (κ1) is 23.3. The Kier molecular flexibility index (Phi) is 10.6. The minimum absolute atomic E-state index is 0.0370. The monoisotopic (exact) mass is 398 g/mol. The number of unbranched alkanes of at least 4 members (excludes halogenated alkanes) is 3. The fourth-order valence-corrected chi connectivity index (χ4v) is 3.65. The Morgan fingerprint density at radius 2 is 1.10 bits per heavy atom. The lowest BCUT2D eigenvalue weighted by atomic mass is 9.87. The maximum Gasteiger partial charge on any atom is 0.193 e. The van der Waals surface area contributed by atoms with Crippen LogP contribution < -0.4 is 0 Å². The molecule has 158 valence electrons. The molecule has 0 amide bonds. The highest BCUT2D eigenvalue weighted by molar-refractivity contribution is 6.10. The summed E-state index contributed by atoms with van der Waals surface area (Å²) in [6.45, 7) is 0.521. The molecule has 0 unspecified atom stereocenters. The van der Waals surface area contributed by atoms with Gasteiger partial charge in [-0.25, -0.2) is 0 Å². The third-order valence-electron chi connectivity index (χ3n) is 5.27. The van der Waals surface area contributed by atoms with Crippen molar-refractivity contribution in [3.63, 3.8) is 0 Å². The van der Waals surface area contributed by atoms with Crippen molar-refractivity contribution >= 4 is 5.78 Å². The van der Waals surface area contributed by atoms with Crippen LogP contribution in [-0.2, 0) is 19.3 Å². The standard InChI is InChI=1S/C25H34O4/c26-15-7-4-12-21-18-23(14-6-9-17-28)24(19-22(21)13-5-8-16-27)25(29)20-10-2-1-3-11-20/h1-3,10-11,18-19,26-28H,4-9,12-17H2. The average Bonchev–Trinajstić information content (AvgIpc) is 2.75. The van der Waals surface area contributed by atoms with Crippen LogP contribution >= 0.6 is 0 Å². The maximum absolute atomic E-state index is 13.2. The van der Waals surface area contributed by atoms with Crippen molar-refractivity contribution in [3.8, 4) is 0 Å². The SMILES string of the molecule is O=C(c1ccccc1)c1cc(CCCCO)c(CCCCO)cc1CCCCO. The van der Waals surface area contributed by atoms with Crippen LogP contribution in [0.2, 0.25) is 0 Å². The van der Waals surface area contributed by atoms with E-state index in [4.69, 9.17) is 15.3 Å². The summed E-state index contributed by atoms with van der Waals surface area (Å²) >= 11 is 0. The summed E-state index contributed by atoms with van der Waals surface area (Å²) in [6.07, 6.45) is 7.33. The van der Waals surface area contributed by atoms with E-state index in [0.717, 1.165) is 68.9 Å². The van der Waals surface area contributed by atoms with E-state index in [1.165, 1.54) is 11.1 Å². The van der Waals surface area contributed by atoms with E-state index >= 15 is 0 Å². The second-order valence-electron chi connectivity index (χ2n) is 7.52. The Morgan fingerprint density at radius 3 is 1.62 bits per heavy atom. The number of ketones is 1. The summed E-state index contributed by atoms with van der Waals surface area (Å²) in [6, 6.07) is 13.6. The summed E-state index contributed by atoms with van der Waals surface area (Å²) in [5.41, 5.74) is 4.88. The van der Waals surface area contributed by atoms with Crippen LogP contribution in [0.25, 0.3) is 0 Å². The van der Waals surface area contributed by atoms with Gasteiger partial charge in [-0.05, 0) is 80.5 Å². The summed E-state index contributed by atoms with van der Waals surface area (Å²) < 4.78 is 0. The number of benzene rings is 2. The molecule has 0 saturated heterocycles. The number of aliphatic hydroxyl groups excluding tert-OH is 3. The molecule has 4 nitrogen and oxygen atoms in total. The summed E-state index contributed by atoms with van der Waals surface area (Å²) in [5.74, 6) is 0.0370. The lowest BCUT2D eigenvalue weighted by molar-refractivity contribution is 0.103. The van der Waals surface area contributed by atoms with Crippen LogP contribution in [0.5, 0.6) is 0 Å². The number of aliphatic hydroxyl groups is 3. The number of carbonyl (C=O) groups is 1. The van der Waals surface area contributed by atoms with Crippen molar-refractivity contribution in [3.05, 3.63) is 70.3 Å². The molecule has 0 aliphatic heterocycles. The molecule has 3 N–H and O–H groups in total. The second kappa shape index (κ2) is 13.3. The average molecular weight is 399 g/mol. The number of aryl methyl sites for hydroxylation is 3. The number of hydrogen-bond acceptors (Lipinski definition) is 4. The molecule has 0 radical (unpaired) electrons. The van der Waals surface area contributed by atoms with E-state index in [1.54, 1.807) is 0 Å². The Hall–Kier alpha value is -2.01. The molecule has 2 aromatic rings. The quantitative estimate of drug-likeness (QED) is 0.334. The van der Waals surface area contributed by atoms with E-state index in [0.29, 0.717) is 5.56 Å². The Morgan fingerprint density at radius 1 is 0.621 bits per heavy atom. The Balaban J connectivity index is 2.40. The van der Waals surface area contributed by atoms with Gasteiger partial charge in [0.2, 0.25) is 0 Å². The van der Waals surface area contributed by atoms with Crippen LogP contribution in [0.15, 0.2) is 42.5 Å². The van der Waals surface area contributed by atoms with Gasteiger partial charge >= 0.3 is 0 Å². The fraction of sp³-hybridized carbons (Fsp3) is 0.480. The van der Waals surface area contributed by atoms with Crippen LogP contribution in [-0.4, -0.2) is 40.9 Å². The highest BCUT2D eigenvalue weighted by Gasteiger charge is 2.17. The van der Waals surface area contributed by atoms with Crippen molar-refractivity contribution in [2.24, 2.45) is 0 Å². The van der Waals surface area contributed by atoms with E-state index < -0.39 is 0 Å². The van der Waals surface area contributed by atoms with E-state index in [9.17, 15) is 4.79 Å². The van der Waals surface area contributed by atoms with Gasteiger partial charge in [0.1, 0.15) is 0 Å².